The predicted molar refractivity (Wildman–Crippen MR) is 69.9 cm³/mol. The number of benzene rings is 1. The topological polar surface area (TPSA) is 58.6 Å². The number of ether oxygens (including phenoxy) is 1. The van der Waals surface area contributed by atoms with Gasteiger partial charge in [0.1, 0.15) is 5.75 Å². The lowest BCUT2D eigenvalue weighted by atomic mass is 9.85. The highest BCUT2D eigenvalue weighted by Crippen LogP contribution is 2.36. The average molecular weight is 249 g/mol. The number of carbonyl (C=O) groups is 1. The monoisotopic (exact) mass is 249 g/mol. The second-order valence-electron chi connectivity index (χ2n) is 5.82. The highest BCUT2D eigenvalue weighted by Gasteiger charge is 2.35. The summed E-state index contributed by atoms with van der Waals surface area (Å²) in [6.45, 7) is 7.41. The molecular formula is C14H19NO3. The number of aliphatic hydroxyl groups excluding tert-OH is 1. The van der Waals surface area contributed by atoms with E-state index in [4.69, 9.17) is 4.74 Å². The number of amides is 1. The molecule has 1 aromatic rings. The van der Waals surface area contributed by atoms with Gasteiger partial charge in [-0.05, 0) is 31.5 Å². The van der Waals surface area contributed by atoms with Crippen LogP contribution in [-0.4, -0.2) is 23.2 Å². The van der Waals surface area contributed by atoms with Gasteiger partial charge < -0.3 is 15.2 Å². The predicted octanol–water partition coefficient (Wildman–Crippen LogP) is 2.07. The quantitative estimate of drug-likeness (QED) is 0.843. The lowest BCUT2D eigenvalue weighted by Crippen LogP contribution is -2.45. The molecule has 1 aliphatic rings. The lowest BCUT2D eigenvalue weighted by molar-refractivity contribution is -0.129. The first kappa shape index (κ1) is 12.9. The SMILES string of the molecule is CC1(C)Oc2ccc(C(C)(C)CO)cc2NC1=O. The third-order valence-corrected chi connectivity index (χ3v) is 3.32. The van der Waals surface area contributed by atoms with Gasteiger partial charge in [-0.25, -0.2) is 0 Å². The Morgan fingerprint density at radius 2 is 2.06 bits per heavy atom. The zero-order chi connectivity index (χ0) is 13.6. The summed E-state index contributed by atoms with van der Waals surface area (Å²) < 4.78 is 5.66. The summed E-state index contributed by atoms with van der Waals surface area (Å²) in [6, 6.07) is 5.62. The number of rotatable bonds is 2. The van der Waals surface area contributed by atoms with Gasteiger partial charge in [-0.3, -0.25) is 4.79 Å². The van der Waals surface area contributed by atoms with Gasteiger partial charge >= 0.3 is 0 Å². The maximum absolute atomic E-state index is 11.8. The molecule has 0 spiro atoms. The summed E-state index contributed by atoms with van der Waals surface area (Å²) in [5.41, 5.74) is 0.444. The molecule has 1 aliphatic heterocycles. The number of aliphatic hydroxyl groups is 1. The molecule has 1 heterocycles. The van der Waals surface area contributed by atoms with Crippen LogP contribution in [0.1, 0.15) is 33.3 Å². The Balaban J connectivity index is 2.41. The minimum absolute atomic E-state index is 0.0477. The fourth-order valence-corrected chi connectivity index (χ4v) is 1.82. The minimum atomic E-state index is -0.846. The van der Waals surface area contributed by atoms with Crippen molar-refractivity contribution in [1.29, 1.82) is 0 Å². The van der Waals surface area contributed by atoms with Gasteiger partial charge in [0, 0.05) is 5.41 Å². The molecule has 0 radical (unpaired) electrons. The number of nitrogens with one attached hydrogen (secondary N) is 1. The largest absolute Gasteiger partial charge is 0.476 e. The molecule has 0 aliphatic carbocycles. The number of carbonyl (C=O) groups excluding carboxylic acids is 1. The van der Waals surface area contributed by atoms with Crippen LogP contribution < -0.4 is 10.1 Å². The zero-order valence-electron chi connectivity index (χ0n) is 11.2. The zero-order valence-corrected chi connectivity index (χ0v) is 11.2. The van der Waals surface area contributed by atoms with Gasteiger partial charge in [0.05, 0.1) is 12.3 Å². The average Bonchev–Trinajstić information content (AvgIpc) is 2.29. The van der Waals surface area contributed by atoms with Gasteiger partial charge in [-0.15, -0.1) is 0 Å². The molecule has 18 heavy (non-hydrogen) atoms. The summed E-state index contributed by atoms with van der Waals surface area (Å²) in [5, 5.41) is 12.2. The van der Waals surface area contributed by atoms with Crippen molar-refractivity contribution in [2.75, 3.05) is 11.9 Å². The van der Waals surface area contributed by atoms with Crippen molar-refractivity contribution in [2.24, 2.45) is 0 Å². The molecule has 4 nitrogen and oxygen atoms in total. The van der Waals surface area contributed by atoms with Gasteiger partial charge in [-0.1, -0.05) is 19.9 Å². The minimum Gasteiger partial charge on any atom is -0.476 e. The molecule has 0 aromatic heterocycles. The van der Waals surface area contributed by atoms with Crippen LogP contribution in [0.3, 0.4) is 0 Å². The van der Waals surface area contributed by atoms with Crippen LogP contribution in [0.25, 0.3) is 0 Å². The maximum atomic E-state index is 11.8. The van der Waals surface area contributed by atoms with E-state index in [1.807, 2.05) is 32.0 Å². The van der Waals surface area contributed by atoms with Crippen molar-refractivity contribution in [1.82, 2.24) is 0 Å². The second kappa shape index (κ2) is 3.99. The maximum Gasteiger partial charge on any atom is 0.268 e. The molecule has 2 rings (SSSR count). The number of hydrogen-bond donors (Lipinski definition) is 2. The molecule has 0 fully saturated rings. The molecule has 4 heteroatoms. The lowest BCUT2D eigenvalue weighted by Gasteiger charge is -2.33. The molecule has 2 N–H and O–H groups in total. The molecule has 1 amide bonds. The van der Waals surface area contributed by atoms with Gasteiger partial charge in [0.15, 0.2) is 5.60 Å². The van der Waals surface area contributed by atoms with E-state index >= 15 is 0 Å². The molecule has 98 valence electrons. The molecule has 1 aromatic carbocycles. The van der Waals surface area contributed by atoms with E-state index in [9.17, 15) is 9.90 Å². The Hall–Kier alpha value is -1.55. The highest BCUT2D eigenvalue weighted by molar-refractivity contribution is 6.00. The van der Waals surface area contributed by atoms with Crippen LogP contribution in [0.2, 0.25) is 0 Å². The first-order valence-corrected chi connectivity index (χ1v) is 6.02. The van der Waals surface area contributed by atoms with Crippen molar-refractivity contribution in [3.8, 4) is 5.75 Å². The van der Waals surface area contributed by atoms with Crippen LogP contribution in [0.4, 0.5) is 5.69 Å². The summed E-state index contributed by atoms with van der Waals surface area (Å²) in [4.78, 5) is 11.8. The molecule has 0 atom stereocenters. The third-order valence-electron chi connectivity index (χ3n) is 3.32. The molecule has 0 unspecified atom stereocenters. The molecular weight excluding hydrogens is 230 g/mol. The van der Waals surface area contributed by atoms with Gasteiger partial charge in [-0.2, -0.15) is 0 Å². The first-order chi connectivity index (χ1) is 8.26. The smallest absolute Gasteiger partial charge is 0.268 e. The fourth-order valence-electron chi connectivity index (χ4n) is 1.82. The summed E-state index contributed by atoms with van der Waals surface area (Å²) >= 11 is 0. The van der Waals surface area contributed by atoms with E-state index in [1.165, 1.54) is 0 Å². The van der Waals surface area contributed by atoms with E-state index in [-0.39, 0.29) is 17.9 Å². The third kappa shape index (κ3) is 2.08. The molecule has 0 saturated heterocycles. The van der Waals surface area contributed by atoms with Gasteiger partial charge in [0.25, 0.3) is 5.91 Å². The van der Waals surface area contributed by atoms with Gasteiger partial charge in [0.2, 0.25) is 0 Å². The second-order valence-corrected chi connectivity index (χ2v) is 5.82. The number of fused-ring (bicyclic) bond motifs is 1. The first-order valence-electron chi connectivity index (χ1n) is 6.02. The normalized spacial score (nSPS) is 17.7. The van der Waals surface area contributed by atoms with Crippen LogP contribution in [0.15, 0.2) is 18.2 Å². The summed E-state index contributed by atoms with van der Waals surface area (Å²) in [5.74, 6) is 0.506. The molecule has 0 saturated carbocycles. The summed E-state index contributed by atoms with van der Waals surface area (Å²) in [6.07, 6.45) is 0. The van der Waals surface area contributed by atoms with E-state index in [0.29, 0.717) is 11.4 Å². The number of anilines is 1. The highest BCUT2D eigenvalue weighted by atomic mass is 16.5. The van der Waals surface area contributed by atoms with Crippen LogP contribution in [-0.2, 0) is 10.2 Å². The van der Waals surface area contributed by atoms with E-state index < -0.39 is 5.60 Å². The Labute approximate surface area is 107 Å². The fraction of sp³-hybridized carbons (Fsp3) is 0.500. The van der Waals surface area contributed by atoms with Crippen molar-refractivity contribution >= 4 is 11.6 Å². The van der Waals surface area contributed by atoms with Crippen molar-refractivity contribution in [3.05, 3.63) is 23.8 Å². The Kier molecular flexibility index (Phi) is 2.86. The van der Waals surface area contributed by atoms with Crippen LogP contribution in [0, 0.1) is 0 Å². The summed E-state index contributed by atoms with van der Waals surface area (Å²) in [7, 11) is 0. The van der Waals surface area contributed by atoms with Crippen molar-refractivity contribution < 1.29 is 14.6 Å². The van der Waals surface area contributed by atoms with Crippen LogP contribution in [0.5, 0.6) is 5.75 Å². The van der Waals surface area contributed by atoms with E-state index in [1.54, 1.807) is 13.8 Å². The standard InChI is InChI=1S/C14H19NO3/c1-13(2,8-16)9-5-6-11-10(7-9)15-12(17)14(3,4)18-11/h5-7,16H,8H2,1-4H3,(H,15,17). The van der Waals surface area contributed by atoms with E-state index in [2.05, 4.69) is 5.32 Å². The van der Waals surface area contributed by atoms with E-state index in [0.717, 1.165) is 5.56 Å². The Bertz CT molecular complexity index is 492. The van der Waals surface area contributed by atoms with Crippen molar-refractivity contribution in [2.45, 2.75) is 38.7 Å². The molecule has 0 bridgehead atoms. The number of hydrogen-bond acceptors (Lipinski definition) is 3. The Morgan fingerprint density at radius 1 is 1.39 bits per heavy atom. The van der Waals surface area contributed by atoms with Crippen LogP contribution >= 0.6 is 0 Å². The van der Waals surface area contributed by atoms with Crippen molar-refractivity contribution in [3.63, 3.8) is 0 Å². The Morgan fingerprint density at radius 3 is 2.67 bits per heavy atom.